The van der Waals surface area contributed by atoms with E-state index in [4.69, 9.17) is 4.74 Å². The van der Waals surface area contributed by atoms with E-state index in [0.717, 1.165) is 19.2 Å². The molecular formula is C18H18N2O6. The van der Waals surface area contributed by atoms with Crippen molar-refractivity contribution in [1.82, 2.24) is 0 Å². The van der Waals surface area contributed by atoms with Crippen LogP contribution in [-0.2, 0) is 4.74 Å². The van der Waals surface area contributed by atoms with E-state index in [9.17, 15) is 19.7 Å². The molecule has 1 amide bonds. The maximum atomic E-state index is 12.4. The van der Waals surface area contributed by atoms with Gasteiger partial charge in [0.05, 0.1) is 23.7 Å². The first kappa shape index (κ1) is 18.9. The fourth-order valence-electron chi connectivity index (χ4n) is 2.18. The number of nitrogens with one attached hydrogen (secondary N) is 1. The lowest BCUT2D eigenvalue weighted by molar-refractivity contribution is -0.384. The van der Waals surface area contributed by atoms with Crippen molar-refractivity contribution in [1.29, 1.82) is 0 Å². The lowest BCUT2D eigenvalue weighted by Gasteiger charge is -2.11. The minimum absolute atomic E-state index is 0.0250. The zero-order valence-electron chi connectivity index (χ0n) is 14.5. The van der Waals surface area contributed by atoms with E-state index in [2.05, 4.69) is 10.1 Å². The second-order valence-corrected chi connectivity index (χ2v) is 5.66. The van der Waals surface area contributed by atoms with E-state index in [-0.39, 0.29) is 22.9 Å². The summed E-state index contributed by atoms with van der Waals surface area (Å²) in [4.78, 5) is 34.4. The molecule has 0 aliphatic carbocycles. The van der Waals surface area contributed by atoms with Gasteiger partial charge in [-0.15, -0.1) is 0 Å². The van der Waals surface area contributed by atoms with Crippen molar-refractivity contribution in [2.24, 2.45) is 0 Å². The molecule has 8 nitrogen and oxygen atoms in total. The molecule has 0 unspecified atom stereocenters. The second-order valence-electron chi connectivity index (χ2n) is 5.66. The highest BCUT2D eigenvalue weighted by molar-refractivity contribution is 6.06. The average molecular weight is 358 g/mol. The Morgan fingerprint density at radius 2 is 1.69 bits per heavy atom. The van der Waals surface area contributed by atoms with Crippen molar-refractivity contribution in [3.05, 3.63) is 63.7 Å². The summed E-state index contributed by atoms with van der Waals surface area (Å²) >= 11 is 0. The maximum Gasteiger partial charge on any atom is 0.338 e. The Bertz CT molecular complexity index is 830. The van der Waals surface area contributed by atoms with E-state index in [1.54, 1.807) is 24.3 Å². The fourth-order valence-corrected chi connectivity index (χ4v) is 2.18. The zero-order valence-corrected chi connectivity index (χ0v) is 14.5. The molecule has 1 N–H and O–H groups in total. The Morgan fingerprint density at radius 3 is 2.23 bits per heavy atom. The third-order valence-corrected chi connectivity index (χ3v) is 3.30. The second kappa shape index (κ2) is 8.11. The molecule has 0 aromatic heterocycles. The molecule has 0 radical (unpaired) electrons. The van der Waals surface area contributed by atoms with Crippen molar-refractivity contribution in [2.45, 2.75) is 20.0 Å². The van der Waals surface area contributed by atoms with E-state index < -0.39 is 16.8 Å². The van der Waals surface area contributed by atoms with Gasteiger partial charge in [0.25, 0.3) is 11.6 Å². The number of ether oxygens (including phenoxy) is 2. The monoisotopic (exact) mass is 358 g/mol. The Morgan fingerprint density at radius 1 is 1.08 bits per heavy atom. The Hall–Kier alpha value is -3.42. The van der Waals surface area contributed by atoms with Crippen LogP contribution in [0.25, 0.3) is 0 Å². The number of carbonyl (C=O) groups excluding carboxylic acids is 2. The van der Waals surface area contributed by atoms with Crippen LogP contribution < -0.4 is 10.1 Å². The van der Waals surface area contributed by atoms with Gasteiger partial charge in [-0.2, -0.15) is 0 Å². The van der Waals surface area contributed by atoms with Crippen LogP contribution in [0.4, 0.5) is 11.4 Å². The third-order valence-electron chi connectivity index (χ3n) is 3.30. The summed E-state index contributed by atoms with van der Waals surface area (Å²) in [6, 6.07) is 10.1. The smallest absolute Gasteiger partial charge is 0.338 e. The number of rotatable bonds is 6. The number of non-ortho nitro benzene ring substituents is 1. The van der Waals surface area contributed by atoms with Crippen LogP contribution in [-0.4, -0.2) is 30.0 Å². The van der Waals surface area contributed by atoms with Crippen LogP contribution in [0.1, 0.15) is 34.6 Å². The number of esters is 1. The van der Waals surface area contributed by atoms with Crippen LogP contribution >= 0.6 is 0 Å². The summed E-state index contributed by atoms with van der Waals surface area (Å²) in [7, 11) is 1.15. The van der Waals surface area contributed by atoms with Gasteiger partial charge in [-0.1, -0.05) is 0 Å². The van der Waals surface area contributed by atoms with Crippen molar-refractivity contribution >= 4 is 23.3 Å². The zero-order chi connectivity index (χ0) is 19.3. The first-order chi connectivity index (χ1) is 12.3. The molecule has 0 spiro atoms. The molecule has 8 heteroatoms. The first-order valence-corrected chi connectivity index (χ1v) is 7.76. The highest BCUT2D eigenvalue weighted by atomic mass is 16.6. The number of nitro benzene ring substituents is 1. The van der Waals surface area contributed by atoms with Crippen molar-refractivity contribution in [3.8, 4) is 5.75 Å². The number of nitro groups is 1. The number of benzene rings is 2. The van der Waals surface area contributed by atoms with Gasteiger partial charge in [0.2, 0.25) is 0 Å². The van der Waals surface area contributed by atoms with Gasteiger partial charge in [-0.3, -0.25) is 14.9 Å². The maximum absolute atomic E-state index is 12.4. The minimum atomic E-state index is -0.766. The molecule has 0 saturated carbocycles. The fraction of sp³-hybridized carbons (Fsp3) is 0.222. The largest absolute Gasteiger partial charge is 0.491 e. The third kappa shape index (κ3) is 4.79. The van der Waals surface area contributed by atoms with E-state index in [1.165, 1.54) is 6.07 Å². The molecule has 2 rings (SSSR count). The number of hydrogen-bond acceptors (Lipinski definition) is 6. The van der Waals surface area contributed by atoms with E-state index in [1.807, 2.05) is 13.8 Å². The minimum Gasteiger partial charge on any atom is -0.491 e. The Kier molecular flexibility index (Phi) is 5.90. The first-order valence-electron chi connectivity index (χ1n) is 7.76. The highest BCUT2D eigenvalue weighted by Crippen LogP contribution is 2.21. The van der Waals surface area contributed by atoms with Crippen LogP contribution in [0.5, 0.6) is 5.75 Å². The van der Waals surface area contributed by atoms with Crippen LogP contribution in [0, 0.1) is 10.1 Å². The quantitative estimate of drug-likeness (QED) is 0.481. The number of nitrogens with zero attached hydrogens (tertiary/aromatic N) is 1. The van der Waals surface area contributed by atoms with Gasteiger partial charge in [0.15, 0.2) is 0 Å². The Balaban J connectivity index is 2.24. The summed E-state index contributed by atoms with van der Waals surface area (Å²) < 4.78 is 10.1. The molecule has 26 heavy (non-hydrogen) atoms. The number of hydrogen-bond donors (Lipinski definition) is 1. The molecule has 136 valence electrons. The number of carbonyl (C=O) groups is 2. The summed E-state index contributed by atoms with van der Waals surface area (Å²) in [6.45, 7) is 3.80. The predicted octanol–water partition coefficient (Wildman–Crippen LogP) is 3.42. The predicted molar refractivity (Wildman–Crippen MR) is 94.6 cm³/mol. The standard InChI is InChI=1S/C18H18N2O6/c1-11(2)26-16-6-4-14(5-7-16)19-17(21)12-8-13(18(22)25-3)10-15(9-12)20(23)24/h4-11H,1-3H3,(H,19,21). The Labute approximate surface area is 149 Å². The number of anilines is 1. The van der Waals surface area contributed by atoms with Gasteiger partial charge >= 0.3 is 5.97 Å². The van der Waals surface area contributed by atoms with Gasteiger partial charge in [-0.25, -0.2) is 4.79 Å². The summed E-state index contributed by atoms with van der Waals surface area (Å²) in [5.41, 5.74) is 0.00519. The summed E-state index contributed by atoms with van der Waals surface area (Å²) in [5.74, 6) is -0.698. The van der Waals surface area contributed by atoms with Crippen LogP contribution in [0.3, 0.4) is 0 Å². The van der Waals surface area contributed by atoms with Crippen molar-refractivity contribution in [2.75, 3.05) is 12.4 Å². The van der Waals surface area contributed by atoms with Gasteiger partial charge in [-0.05, 0) is 44.2 Å². The van der Waals surface area contributed by atoms with E-state index in [0.29, 0.717) is 11.4 Å². The lowest BCUT2D eigenvalue weighted by atomic mass is 10.1. The number of methoxy groups -OCH3 is 1. The normalized spacial score (nSPS) is 10.3. The molecule has 0 saturated heterocycles. The molecule has 0 bridgehead atoms. The average Bonchev–Trinajstić information content (AvgIpc) is 2.61. The van der Waals surface area contributed by atoms with Gasteiger partial charge < -0.3 is 14.8 Å². The van der Waals surface area contributed by atoms with Crippen LogP contribution in [0.2, 0.25) is 0 Å². The molecule has 0 aliphatic heterocycles. The summed E-state index contributed by atoms with van der Waals surface area (Å²) in [5, 5.41) is 13.7. The lowest BCUT2D eigenvalue weighted by Crippen LogP contribution is -2.14. The molecule has 0 atom stereocenters. The SMILES string of the molecule is COC(=O)c1cc(C(=O)Nc2ccc(OC(C)C)cc2)cc([N+](=O)[O-])c1. The molecule has 0 fully saturated rings. The van der Waals surface area contributed by atoms with Crippen molar-refractivity contribution < 1.29 is 24.0 Å². The van der Waals surface area contributed by atoms with Gasteiger partial charge in [0, 0.05) is 23.4 Å². The molecule has 0 heterocycles. The highest BCUT2D eigenvalue weighted by Gasteiger charge is 2.18. The molecule has 2 aromatic rings. The van der Waals surface area contributed by atoms with Crippen molar-refractivity contribution in [3.63, 3.8) is 0 Å². The van der Waals surface area contributed by atoms with E-state index >= 15 is 0 Å². The summed E-state index contributed by atoms with van der Waals surface area (Å²) in [6.07, 6.45) is 0.0250. The number of amides is 1. The topological polar surface area (TPSA) is 108 Å². The molecule has 2 aromatic carbocycles. The molecule has 0 aliphatic rings. The molecular weight excluding hydrogens is 340 g/mol. The van der Waals surface area contributed by atoms with Gasteiger partial charge in [0.1, 0.15) is 5.75 Å². The van der Waals surface area contributed by atoms with Crippen LogP contribution in [0.15, 0.2) is 42.5 Å².